The maximum Gasteiger partial charge on any atom is 0.330 e. The molecule has 0 aliphatic heterocycles. The van der Waals surface area contributed by atoms with Crippen LogP contribution in [0, 0.1) is 5.92 Å². The number of unbranched alkanes of at least 4 members (excludes halogenated alkanes) is 1. The van der Waals surface area contributed by atoms with Gasteiger partial charge in [0.05, 0.1) is 5.75 Å². The van der Waals surface area contributed by atoms with Crippen LogP contribution in [0.4, 0.5) is 17.5 Å². The minimum absolute atomic E-state index is 0.00135. The molecule has 12 heteroatoms. The van der Waals surface area contributed by atoms with E-state index in [-0.39, 0.29) is 29.1 Å². The summed E-state index contributed by atoms with van der Waals surface area (Å²) in [6.45, 7) is 6.68. The predicted octanol–water partition coefficient (Wildman–Crippen LogP) is 0.791. The normalized spacial score (nSPS) is 11.2. The lowest BCUT2D eigenvalue weighted by Crippen LogP contribution is -2.42. The summed E-state index contributed by atoms with van der Waals surface area (Å²) in [6.07, 6.45) is 2.24. The first-order valence-corrected chi connectivity index (χ1v) is 10.5. The Morgan fingerprint density at radius 1 is 1.31 bits per heavy atom. The van der Waals surface area contributed by atoms with Crippen LogP contribution in [0.5, 0.6) is 0 Å². The summed E-state index contributed by atoms with van der Waals surface area (Å²) in [4.78, 5) is 45.3. The standard InChI is InChI=1S/C17H28N8O3S/c1-4-5-7-25-13(18)12(14(27)20-17(25)28)24(8-6-10(2)3)11(26)9-29-16-21-15(19)22-23-16/h10H,4-9,18H2,1-3H3,(H,20,27,28)(H3,19,21,22,23). The van der Waals surface area contributed by atoms with Crippen LogP contribution in [0.25, 0.3) is 0 Å². The quantitative estimate of drug-likeness (QED) is 0.406. The van der Waals surface area contributed by atoms with Crippen molar-refractivity contribution < 1.29 is 4.79 Å². The summed E-state index contributed by atoms with van der Waals surface area (Å²) < 4.78 is 1.30. The molecule has 0 radical (unpaired) electrons. The minimum atomic E-state index is -0.676. The number of nitrogens with zero attached hydrogens (tertiary/aromatic N) is 4. The van der Waals surface area contributed by atoms with Crippen LogP contribution in [0.2, 0.25) is 0 Å². The van der Waals surface area contributed by atoms with Gasteiger partial charge >= 0.3 is 5.69 Å². The van der Waals surface area contributed by atoms with Crippen LogP contribution in [0.3, 0.4) is 0 Å². The maximum absolute atomic E-state index is 13.0. The van der Waals surface area contributed by atoms with E-state index in [1.165, 1.54) is 9.47 Å². The number of nitrogens with one attached hydrogen (secondary N) is 2. The summed E-state index contributed by atoms with van der Waals surface area (Å²) in [7, 11) is 0. The number of thioether (sulfide) groups is 1. The number of H-pyrrole nitrogens is 2. The van der Waals surface area contributed by atoms with Crippen molar-refractivity contribution >= 4 is 35.1 Å². The zero-order valence-electron chi connectivity index (χ0n) is 16.9. The average molecular weight is 425 g/mol. The first-order valence-electron chi connectivity index (χ1n) is 9.48. The highest BCUT2D eigenvalue weighted by Gasteiger charge is 2.24. The molecular weight excluding hydrogens is 396 g/mol. The van der Waals surface area contributed by atoms with Gasteiger partial charge in [0.15, 0.2) is 5.69 Å². The monoisotopic (exact) mass is 424 g/mol. The fraction of sp³-hybridized carbons (Fsp3) is 0.588. The number of amides is 1. The molecular formula is C17H28N8O3S. The highest BCUT2D eigenvalue weighted by molar-refractivity contribution is 7.99. The Kier molecular flexibility index (Phi) is 7.88. The van der Waals surface area contributed by atoms with Crippen molar-refractivity contribution in [1.29, 1.82) is 0 Å². The number of nitrogen functional groups attached to an aromatic ring is 2. The van der Waals surface area contributed by atoms with E-state index in [4.69, 9.17) is 11.5 Å². The van der Waals surface area contributed by atoms with Crippen molar-refractivity contribution in [1.82, 2.24) is 24.7 Å². The number of hydrogen-bond donors (Lipinski definition) is 4. The van der Waals surface area contributed by atoms with Crippen LogP contribution in [-0.4, -0.2) is 42.9 Å². The Morgan fingerprint density at radius 2 is 2.03 bits per heavy atom. The zero-order valence-corrected chi connectivity index (χ0v) is 17.7. The lowest BCUT2D eigenvalue weighted by molar-refractivity contribution is -0.116. The van der Waals surface area contributed by atoms with Crippen molar-refractivity contribution in [2.45, 2.75) is 51.7 Å². The molecule has 2 rings (SSSR count). The fourth-order valence-corrected chi connectivity index (χ4v) is 3.33. The van der Waals surface area contributed by atoms with Crippen molar-refractivity contribution in [3.8, 4) is 0 Å². The molecule has 2 heterocycles. The molecule has 0 fully saturated rings. The lowest BCUT2D eigenvalue weighted by atomic mass is 10.1. The molecule has 11 nitrogen and oxygen atoms in total. The smallest absolute Gasteiger partial charge is 0.330 e. The van der Waals surface area contributed by atoms with Gasteiger partial charge in [-0.25, -0.2) is 9.89 Å². The van der Waals surface area contributed by atoms with Crippen molar-refractivity contribution in [3.05, 3.63) is 20.8 Å². The molecule has 0 aliphatic carbocycles. The molecule has 160 valence electrons. The second-order valence-electron chi connectivity index (χ2n) is 7.02. The zero-order chi connectivity index (χ0) is 21.6. The van der Waals surface area contributed by atoms with E-state index in [2.05, 4.69) is 20.2 Å². The first-order chi connectivity index (χ1) is 13.7. The Bertz CT molecular complexity index is 949. The van der Waals surface area contributed by atoms with Gasteiger partial charge in [-0.05, 0) is 18.8 Å². The van der Waals surface area contributed by atoms with Crippen molar-refractivity contribution in [3.63, 3.8) is 0 Å². The summed E-state index contributed by atoms with van der Waals surface area (Å²) in [6, 6.07) is 0. The Morgan fingerprint density at radius 3 is 2.62 bits per heavy atom. The Balaban J connectivity index is 2.36. The SMILES string of the molecule is CCCCn1c(N)c(N(CCC(C)C)C(=O)CSc2n[nH]c(N)n2)c(=O)[nH]c1=O. The lowest BCUT2D eigenvalue weighted by Gasteiger charge is -2.25. The second kappa shape index (κ2) is 10.1. The molecule has 2 aromatic rings. The maximum atomic E-state index is 13.0. The van der Waals surface area contributed by atoms with E-state index >= 15 is 0 Å². The first kappa shape index (κ1) is 22.5. The van der Waals surface area contributed by atoms with Gasteiger partial charge in [0, 0.05) is 13.1 Å². The van der Waals surface area contributed by atoms with Crippen molar-refractivity contribution in [2.75, 3.05) is 28.7 Å². The van der Waals surface area contributed by atoms with E-state index in [0.717, 1.165) is 24.6 Å². The van der Waals surface area contributed by atoms with Gasteiger partial charge in [0.2, 0.25) is 17.0 Å². The molecule has 29 heavy (non-hydrogen) atoms. The molecule has 0 aliphatic rings. The number of aromatic amines is 2. The van der Waals surface area contributed by atoms with Gasteiger partial charge in [-0.1, -0.05) is 39.0 Å². The van der Waals surface area contributed by atoms with E-state index in [1.807, 2.05) is 20.8 Å². The number of carbonyl (C=O) groups excluding carboxylic acids is 1. The molecule has 0 saturated carbocycles. The number of carbonyl (C=O) groups is 1. The summed E-state index contributed by atoms with van der Waals surface area (Å²) in [5, 5.41) is 6.71. The summed E-state index contributed by atoms with van der Waals surface area (Å²) in [5.74, 6) is 0.105. The van der Waals surface area contributed by atoms with E-state index < -0.39 is 11.2 Å². The van der Waals surface area contributed by atoms with Crippen LogP contribution >= 0.6 is 11.8 Å². The predicted molar refractivity (Wildman–Crippen MR) is 114 cm³/mol. The summed E-state index contributed by atoms with van der Waals surface area (Å²) >= 11 is 1.09. The molecule has 0 aromatic carbocycles. The molecule has 1 amide bonds. The van der Waals surface area contributed by atoms with Gasteiger partial charge < -0.3 is 16.4 Å². The highest BCUT2D eigenvalue weighted by atomic mass is 32.2. The van der Waals surface area contributed by atoms with Crippen LogP contribution < -0.4 is 27.6 Å². The third kappa shape index (κ3) is 5.86. The highest BCUT2D eigenvalue weighted by Crippen LogP contribution is 2.21. The number of aromatic nitrogens is 5. The average Bonchev–Trinajstić information content (AvgIpc) is 3.07. The molecule has 0 bridgehead atoms. The molecule has 0 atom stereocenters. The second-order valence-corrected chi connectivity index (χ2v) is 7.96. The molecule has 6 N–H and O–H groups in total. The Hall–Kier alpha value is -2.76. The molecule has 0 spiro atoms. The van der Waals surface area contributed by atoms with Gasteiger partial charge in [-0.3, -0.25) is 19.1 Å². The third-order valence-corrected chi connectivity index (χ3v) is 5.09. The van der Waals surface area contributed by atoms with Crippen LogP contribution in [-0.2, 0) is 11.3 Å². The number of rotatable bonds is 10. The largest absolute Gasteiger partial charge is 0.383 e. The number of nitrogens with two attached hydrogens (primary N) is 2. The minimum Gasteiger partial charge on any atom is -0.383 e. The van der Waals surface area contributed by atoms with E-state index in [1.54, 1.807) is 0 Å². The fourth-order valence-electron chi connectivity index (χ4n) is 2.65. The van der Waals surface area contributed by atoms with Gasteiger partial charge in [-0.2, -0.15) is 4.98 Å². The van der Waals surface area contributed by atoms with E-state index in [9.17, 15) is 14.4 Å². The van der Waals surface area contributed by atoms with Crippen LogP contribution in [0.15, 0.2) is 14.7 Å². The topological polar surface area (TPSA) is 169 Å². The van der Waals surface area contributed by atoms with Gasteiger partial charge in [0.1, 0.15) is 5.82 Å². The molecule has 0 unspecified atom stereocenters. The van der Waals surface area contributed by atoms with Crippen LogP contribution in [0.1, 0.15) is 40.0 Å². The van der Waals surface area contributed by atoms with Gasteiger partial charge in [-0.15, -0.1) is 5.10 Å². The number of hydrogen-bond acceptors (Lipinski definition) is 8. The third-order valence-electron chi connectivity index (χ3n) is 4.26. The van der Waals surface area contributed by atoms with Gasteiger partial charge in [0.25, 0.3) is 5.56 Å². The Labute approximate surface area is 172 Å². The van der Waals surface area contributed by atoms with Crippen molar-refractivity contribution in [2.24, 2.45) is 5.92 Å². The molecule has 2 aromatic heterocycles. The summed E-state index contributed by atoms with van der Waals surface area (Å²) in [5.41, 5.74) is 10.4. The molecule has 0 saturated heterocycles. The number of anilines is 3. The van der Waals surface area contributed by atoms with E-state index in [0.29, 0.717) is 30.6 Å².